The van der Waals surface area contributed by atoms with Crippen LogP contribution < -0.4 is 10.4 Å². The minimum Gasteiger partial charge on any atom is -0.475 e. The molecule has 2 aliphatic heterocycles. The van der Waals surface area contributed by atoms with Crippen molar-refractivity contribution in [2.24, 2.45) is 5.92 Å². The Balaban J connectivity index is 0.000000676. The summed E-state index contributed by atoms with van der Waals surface area (Å²) in [5.41, 5.74) is 3.69. The summed E-state index contributed by atoms with van der Waals surface area (Å²) in [4.78, 5) is 35.0. The van der Waals surface area contributed by atoms with Gasteiger partial charge in [0.1, 0.15) is 16.9 Å². The number of carbonyl (C=O) groups excluding carboxylic acids is 1. The predicted octanol–water partition coefficient (Wildman–Crippen LogP) is 5.03. The Bertz CT molecular complexity index is 1330. The fourth-order valence-corrected chi connectivity index (χ4v) is 5.34. The van der Waals surface area contributed by atoms with Gasteiger partial charge in [-0.3, -0.25) is 20.1 Å². The topological polar surface area (TPSA) is 126 Å². The second kappa shape index (κ2) is 16.0. The molecule has 1 amide bonds. The average Bonchev–Trinajstić information content (AvgIpc) is 2.98. The van der Waals surface area contributed by atoms with Gasteiger partial charge >= 0.3 is 12.1 Å². The molecule has 15 heteroatoms. The summed E-state index contributed by atoms with van der Waals surface area (Å²) in [6.07, 6.45) is 2.36. The molecule has 2 aliphatic rings. The number of hydrogen-bond acceptors (Lipinski definition) is 8. The number of amides is 1. The Morgan fingerprint density at radius 2 is 1.82 bits per heavy atom. The highest BCUT2D eigenvalue weighted by Gasteiger charge is 2.38. The van der Waals surface area contributed by atoms with Gasteiger partial charge in [0.15, 0.2) is 5.82 Å². The molecule has 0 radical (unpaired) electrons. The molecule has 0 atom stereocenters. The van der Waals surface area contributed by atoms with E-state index in [1.807, 2.05) is 19.9 Å². The minimum atomic E-state index is -5.08. The molecule has 2 fully saturated rings. The van der Waals surface area contributed by atoms with E-state index < -0.39 is 18.1 Å². The van der Waals surface area contributed by atoms with Crippen LogP contribution in [0.2, 0.25) is 5.02 Å². The number of benzene rings is 1. The van der Waals surface area contributed by atoms with E-state index in [0.717, 1.165) is 25.9 Å². The lowest BCUT2D eigenvalue weighted by Gasteiger charge is -2.40. The van der Waals surface area contributed by atoms with E-state index in [0.29, 0.717) is 30.3 Å². The number of nitrogens with zero attached hydrogens (tertiary/aromatic N) is 6. The van der Waals surface area contributed by atoms with Gasteiger partial charge in [-0.25, -0.2) is 14.2 Å². The average molecular weight is 642 g/mol. The van der Waals surface area contributed by atoms with Crippen LogP contribution in [0.1, 0.15) is 67.7 Å². The molecule has 0 bridgehead atoms. The van der Waals surface area contributed by atoms with Gasteiger partial charge in [-0.1, -0.05) is 31.9 Å². The predicted molar refractivity (Wildman–Crippen MR) is 155 cm³/mol. The molecule has 0 saturated carbocycles. The molecule has 0 aliphatic carbocycles. The number of rotatable bonds is 8. The van der Waals surface area contributed by atoms with Crippen LogP contribution in [-0.2, 0) is 11.3 Å². The number of anilines is 1. The van der Waals surface area contributed by atoms with Crippen LogP contribution in [0.3, 0.4) is 0 Å². The van der Waals surface area contributed by atoms with E-state index in [9.17, 15) is 27.6 Å². The summed E-state index contributed by atoms with van der Waals surface area (Å²) in [6, 6.07) is 6.97. The number of likely N-dealkylation sites (tertiary alicyclic amines) is 2. The maximum Gasteiger partial charge on any atom is 0.490 e. The maximum absolute atomic E-state index is 14.7. The number of alkyl halides is 3. The molecule has 0 unspecified atom stereocenters. The number of hydrogen-bond donors (Lipinski definition) is 2. The van der Waals surface area contributed by atoms with Crippen LogP contribution in [0.4, 0.5) is 23.4 Å². The summed E-state index contributed by atoms with van der Waals surface area (Å²) < 4.78 is 46.5. The van der Waals surface area contributed by atoms with Gasteiger partial charge in [0.2, 0.25) is 5.82 Å². The Kier molecular flexibility index (Phi) is 12.7. The number of carboxylic acid groups (broad SMARTS) is 1. The van der Waals surface area contributed by atoms with Crippen molar-refractivity contribution in [1.29, 1.82) is 5.26 Å². The van der Waals surface area contributed by atoms with Crippen molar-refractivity contribution in [2.75, 3.05) is 37.7 Å². The van der Waals surface area contributed by atoms with Crippen LogP contribution >= 0.6 is 11.6 Å². The van der Waals surface area contributed by atoms with Gasteiger partial charge < -0.3 is 10.0 Å². The highest BCUT2D eigenvalue weighted by atomic mass is 35.5. The number of aromatic nitrogens is 2. The molecular formula is C29H36ClF4N7O3. The number of aliphatic carboxylic acids is 1. The van der Waals surface area contributed by atoms with Crippen LogP contribution in [-0.4, -0.2) is 81.7 Å². The summed E-state index contributed by atoms with van der Waals surface area (Å²) >= 11 is 6.29. The monoisotopic (exact) mass is 641 g/mol. The second-order valence-corrected chi connectivity index (χ2v) is 11.5. The fourth-order valence-electron chi connectivity index (χ4n) is 5.14. The number of nitrogens with one attached hydrogen (secondary N) is 1. The molecule has 1 aromatic heterocycles. The summed E-state index contributed by atoms with van der Waals surface area (Å²) in [7, 11) is 0. The van der Waals surface area contributed by atoms with Crippen molar-refractivity contribution >= 4 is 29.3 Å². The number of carboxylic acids is 1. The van der Waals surface area contributed by atoms with Crippen LogP contribution in [0.25, 0.3) is 0 Å². The van der Waals surface area contributed by atoms with Gasteiger partial charge in [0.05, 0.1) is 6.20 Å². The normalized spacial score (nSPS) is 16.5. The zero-order valence-electron chi connectivity index (χ0n) is 24.6. The Labute approximate surface area is 258 Å². The highest BCUT2D eigenvalue weighted by molar-refractivity contribution is 6.32. The number of nitriles is 1. The Morgan fingerprint density at radius 3 is 2.39 bits per heavy atom. The van der Waals surface area contributed by atoms with Gasteiger partial charge in [0.25, 0.3) is 5.91 Å². The third-order valence-electron chi connectivity index (χ3n) is 7.27. The second-order valence-electron chi connectivity index (χ2n) is 11.1. The van der Waals surface area contributed by atoms with Crippen molar-refractivity contribution in [2.45, 2.75) is 64.7 Å². The van der Waals surface area contributed by atoms with Crippen LogP contribution in [0, 0.1) is 23.1 Å². The molecule has 4 rings (SSSR count). The third-order valence-corrected chi connectivity index (χ3v) is 7.54. The van der Waals surface area contributed by atoms with Crippen molar-refractivity contribution in [3.8, 4) is 6.07 Å². The Morgan fingerprint density at radius 1 is 1.18 bits per heavy atom. The van der Waals surface area contributed by atoms with E-state index in [4.69, 9.17) is 21.5 Å². The van der Waals surface area contributed by atoms with E-state index in [1.165, 1.54) is 55.7 Å². The zero-order valence-corrected chi connectivity index (χ0v) is 25.3. The largest absolute Gasteiger partial charge is 0.490 e. The van der Waals surface area contributed by atoms with Crippen molar-refractivity contribution < 1.29 is 32.3 Å². The van der Waals surface area contributed by atoms with E-state index in [-0.39, 0.29) is 28.4 Å². The number of carbonyl (C=O) groups is 2. The standard InChI is InChI=1S/C27H35ClFN7O.C2HF3O2/c1-19(2)17-36(26-23(28)16-31-25(15-30)32-26)33-27(37)20-6-7-24(29)21(14-20)18-34-12-8-22(9-13-34)35-10-4-3-5-11-35;3-2(4,5)1(6)7/h6-7,14,16,19,22H,3-5,8-13,17-18H2,1-2H3,(H,33,37);(H,6,7). The zero-order chi connectivity index (χ0) is 32.4. The first kappa shape index (κ1) is 34.9. The molecule has 44 heavy (non-hydrogen) atoms. The molecular weight excluding hydrogens is 606 g/mol. The van der Waals surface area contributed by atoms with E-state index in [1.54, 1.807) is 6.07 Å². The summed E-state index contributed by atoms with van der Waals surface area (Å²) in [5, 5.41) is 18.0. The van der Waals surface area contributed by atoms with E-state index in [2.05, 4.69) is 25.2 Å². The van der Waals surface area contributed by atoms with Crippen molar-refractivity contribution in [1.82, 2.24) is 25.2 Å². The van der Waals surface area contributed by atoms with Gasteiger partial charge in [0, 0.05) is 30.3 Å². The number of halogens is 5. The molecule has 2 N–H and O–H groups in total. The molecule has 3 heterocycles. The number of piperidine rings is 2. The maximum atomic E-state index is 14.7. The van der Waals surface area contributed by atoms with Gasteiger partial charge in [-0.15, -0.1) is 0 Å². The first-order chi connectivity index (χ1) is 20.8. The molecule has 2 aromatic rings. The molecule has 10 nitrogen and oxygen atoms in total. The lowest BCUT2D eigenvalue weighted by atomic mass is 9.99. The SMILES string of the molecule is CC(C)CN(NC(=O)c1ccc(F)c(CN2CCC(N3CCCCC3)CC2)c1)c1nc(C#N)ncc1Cl.O=C(O)C(F)(F)F. The molecule has 240 valence electrons. The van der Waals surface area contributed by atoms with Crippen molar-refractivity contribution in [3.63, 3.8) is 0 Å². The summed E-state index contributed by atoms with van der Waals surface area (Å²) in [6.45, 7) is 9.10. The molecule has 1 aromatic carbocycles. The quantitative estimate of drug-likeness (QED) is 0.301. The van der Waals surface area contributed by atoms with Crippen LogP contribution in [0.5, 0.6) is 0 Å². The first-order valence-corrected chi connectivity index (χ1v) is 14.7. The van der Waals surface area contributed by atoms with Crippen molar-refractivity contribution in [3.05, 3.63) is 52.2 Å². The smallest absolute Gasteiger partial charge is 0.475 e. The van der Waals surface area contributed by atoms with Crippen LogP contribution in [0.15, 0.2) is 24.4 Å². The highest BCUT2D eigenvalue weighted by Crippen LogP contribution is 2.24. The number of hydrazine groups is 1. The molecule has 0 spiro atoms. The lowest BCUT2D eigenvalue weighted by Crippen LogP contribution is -2.46. The molecule has 2 saturated heterocycles. The first-order valence-electron chi connectivity index (χ1n) is 14.3. The van der Waals surface area contributed by atoms with Gasteiger partial charge in [-0.05, 0) is 76.0 Å². The Hall–Kier alpha value is -3.54. The summed E-state index contributed by atoms with van der Waals surface area (Å²) in [5.74, 6) is -3.11. The fraction of sp³-hybridized carbons (Fsp3) is 0.552. The van der Waals surface area contributed by atoms with Gasteiger partial charge in [-0.2, -0.15) is 23.4 Å². The lowest BCUT2D eigenvalue weighted by molar-refractivity contribution is -0.192. The minimum absolute atomic E-state index is 0.0458. The van der Waals surface area contributed by atoms with E-state index >= 15 is 0 Å². The third kappa shape index (κ3) is 10.3.